The third-order valence-corrected chi connectivity index (χ3v) is 4.08. The quantitative estimate of drug-likeness (QED) is 0.841. The lowest BCUT2D eigenvalue weighted by Gasteiger charge is -2.20. The zero-order valence-corrected chi connectivity index (χ0v) is 10.8. The summed E-state index contributed by atoms with van der Waals surface area (Å²) in [7, 11) is 1.99. The highest BCUT2D eigenvalue weighted by Gasteiger charge is 2.19. The fourth-order valence-corrected chi connectivity index (χ4v) is 2.69. The van der Waals surface area contributed by atoms with Gasteiger partial charge in [-0.25, -0.2) is 4.98 Å². The highest BCUT2D eigenvalue weighted by molar-refractivity contribution is 7.99. The zero-order chi connectivity index (χ0) is 12.3. The van der Waals surface area contributed by atoms with Gasteiger partial charge < -0.3 is 10.3 Å². The van der Waals surface area contributed by atoms with Crippen molar-refractivity contribution in [3.05, 3.63) is 42.5 Å². The molecule has 0 fully saturated rings. The van der Waals surface area contributed by atoms with Crippen molar-refractivity contribution in [1.29, 1.82) is 0 Å². The van der Waals surface area contributed by atoms with Crippen LogP contribution in [0.5, 0.6) is 0 Å². The first-order valence-corrected chi connectivity index (χ1v) is 6.36. The summed E-state index contributed by atoms with van der Waals surface area (Å²) in [6.45, 7) is 2.01. The van der Waals surface area contributed by atoms with Gasteiger partial charge in [0, 0.05) is 37.9 Å². The third kappa shape index (κ3) is 2.87. The van der Waals surface area contributed by atoms with Crippen molar-refractivity contribution in [3.8, 4) is 0 Å². The summed E-state index contributed by atoms with van der Waals surface area (Å²) in [5.41, 5.74) is 7.24. The minimum Gasteiger partial charge on any atom is -0.329 e. The number of pyridine rings is 1. The van der Waals surface area contributed by atoms with Gasteiger partial charge in [-0.3, -0.25) is 4.98 Å². The van der Waals surface area contributed by atoms with E-state index in [-0.39, 0.29) is 11.3 Å². The molecular formula is C12H16N4S. The lowest BCUT2D eigenvalue weighted by atomic mass is 10.1. The number of imidazole rings is 1. The van der Waals surface area contributed by atoms with E-state index in [0.29, 0.717) is 0 Å². The first kappa shape index (κ1) is 12.1. The summed E-state index contributed by atoms with van der Waals surface area (Å²) in [5.74, 6) is 0. The predicted octanol–water partition coefficient (Wildman–Crippen LogP) is 2.00. The summed E-state index contributed by atoms with van der Waals surface area (Å²) in [6, 6.07) is 4.06. The van der Waals surface area contributed by atoms with Crippen LogP contribution in [0.25, 0.3) is 0 Å². The maximum atomic E-state index is 6.06. The Morgan fingerprint density at radius 1 is 1.29 bits per heavy atom. The van der Waals surface area contributed by atoms with Crippen LogP contribution in [0.1, 0.15) is 17.7 Å². The van der Waals surface area contributed by atoms with E-state index in [2.05, 4.69) is 9.97 Å². The molecule has 0 aliphatic heterocycles. The first-order chi connectivity index (χ1) is 8.18. The average Bonchev–Trinajstić information content (AvgIpc) is 2.72. The van der Waals surface area contributed by atoms with E-state index in [4.69, 9.17) is 5.73 Å². The Morgan fingerprint density at radius 2 is 2.00 bits per heavy atom. The second-order valence-electron chi connectivity index (χ2n) is 4.00. The van der Waals surface area contributed by atoms with Crippen LogP contribution in [0.15, 0.2) is 42.1 Å². The number of nitrogens with two attached hydrogens (primary N) is 1. The van der Waals surface area contributed by atoms with Gasteiger partial charge in [-0.05, 0) is 24.6 Å². The SMILES string of the molecule is CC(N)C(Sc1nccn1C)c1ccncc1. The Morgan fingerprint density at radius 3 is 2.53 bits per heavy atom. The zero-order valence-electron chi connectivity index (χ0n) is 9.95. The Labute approximate surface area is 105 Å². The molecule has 0 amide bonds. The molecule has 4 nitrogen and oxygen atoms in total. The maximum Gasteiger partial charge on any atom is 0.168 e. The molecule has 0 saturated heterocycles. The Balaban J connectivity index is 2.22. The number of aryl methyl sites for hydroxylation is 1. The van der Waals surface area contributed by atoms with Crippen molar-refractivity contribution in [2.75, 3.05) is 0 Å². The molecule has 5 heteroatoms. The monoisotopic (exact) mass is 248 g/mol. The van der Waals surface area contributed by atoms with Crippen LogP contribution in [0.3, 0.4) is 0 Å². The molecule has 0 aliphatic carbocycles. The fraction of sp³-hybridized carbons (Fsp3) is 0.333. The Hall–Kier alpha value is -1.33. The lowest BCUT2D eigenvalue weighted by Crippen LogP contribution is -2.22. The van der Waals surface area contributed by atoms with Crippen molar-refractivity contribution in [2.45, 2.75) is 23.4 Å². The normalized spacial score (nSPS) is 14.5. The molecule has 0 radical (unpaired) electrons. The van der Waals surface area contributed by atoms with Gasteiger partial charge in [-0.1, -0.05) is 11.8 Å². The van der Waals surface area contributed by atoms with Crippen LogP contribution < -0.4 is 5.73 Å². The van der Waals surface area contributed by atoms with Crippen molar-refractivity contribution in [2.24, 2.45) is 12.8 Å². The molecule has 2 N–H and O–H groups in total. The molecule has 0 spiro atoms. The Kier molecular flexibility index (Phi) is 3.81. The van der Waals surface area contributed by atoms with Crippen LogP contribution in [0.2, 0.25) is 0 Å². The fourth-order valence-electron chi connectivity index (χ4n) is 1.61. The summed E-state index contributed by atoms with van der Waals surface area (Å²) in [4.78, 5) is 8.35. The van der Waals surface area contributed by atoms with Crippen LogP contribution in [-0.4, -0.2) is 20.6 Å². The topological polar surface area (TPSA) is 56.7 Å². The van der Waals surface area contributed by atoms with E-state index in [0.717, 1.165) is 5.16 Å². The minimum atomic E-state index is 0.0547. The van der Waals surface area contributed by atoms with Crippen LogP contribution in [0.4, 0.5) is 0 Å². The molecule has 2 unspecified atom stereocenters. The molecule has 90 valence electrons. The van der Waals surface area contributed by atoms with E-state index in [1.165, 1.54) is 5.56 Å². The second kappa shape index (κ2) is 5.33. The number of nitrogens with zero attached hydrogens (tertiary/aromatic N) is 3. The van der Waals surface area contributed by atoms with E-state index in [9.17, 15) is 0 Å². The largest absolute Gasteiger partial charge is 0.329 e. The van der Waals surface area contributed by atoms with E-state index >= 15 is 0 Å². The molecule has 17 heavy (non-hydrogen) atoms. The van der Waals surface area contributed by atoms with Crippen molar-refractivity contribution in [3.63, 3.8) is 0 Å². The van der Waals surface area contributed by atoms with Crippen molar-refractivity contribution in [1.82, 2.24) is 14.5 Å². The third-order valence-electron chi connectivity index (χ3n) is 2.52. The van der Waals surface area contributed by atoms with Gasteiger partial charge in [0.1, 0.15) is 0 Å². The molecule has 0 bridgehead atoms. The summed E-state index contributed by atoms with van der Waals surface area (Å²) < 4.78 is 2.00. The standard InChI is InChI=1S/C12H16N4S/c1-9(13)11(10-3-5-14-6-4-10)17-12-15-7-8-16(12)2/h3-9,11H,13H2,1-2H3. The number of rotatable bonds is 4. The van der Waals surface area contributed by atoms with Gasteiger partial charge in [-0.2, -0.15) is 0 Å². The first-order valence-electron chi connectivity index (χ1n) is 5.48. The van der Waals surface area contributed by atoms with E-state index < -0.39 is 0 Å². The smallest absolute Gasteiger partial charge is 0.168 e. The molecule has 2 aromatic rings. The predicted molar refractivity (Wildman–Crippen MR) is 69.7 cm³/mol. The number of hydrogen-bond donors (Lipinski definition) is 1. The van der Waals surface area contributed by atoms with Gasteiger partial charge in [-0.15, -0.1) is 0 Å². The lowest BCUT2D eigenvalue weighted by molar-refractivity contribution is 0.709. The summed E-state index contributed by atoms with van der Waals surface area (Å²) in [5, 5.41) is 1.17. The Bertz CT molecular complexity index is 466. The van der Waals surface area contributed by atoms with Gasteiger partial charge in [0.25, 0.3) is 0 Å². The minimum absolute atomic E-state index is 0.0547. The highest BCUT2D eigenvalue weighted by atomic mass is 32.2. The van der Waals surface area contributed by atoms with Crippen LogP contribution in [-0.2, 0) is 7.05 Å². The summed E-state index contributed by atoms with van der Waals surface area (Å²) >= 11 is 1.68. The van der Waals surface area contributed by atoms with Crippen LogP contribution >= 0.6 is 11.8 Å². The van der Waals surface area contributed by atoms with Gasteiger partial charge in [0.15, 0.2) is 5.16 Å². The molecule has 0 saturated carbocycles. The molecule has 2 heterocycles. The highest BCUT2D eigenvalue weighted by Crippen LogP contribution is 2.35. The molecule has 0 aromatic carbocycles. The second-order valence-corrected chi connectivity index (χ2v) is 5.11. The maximum absolute atomic E-state index is 6.06. The number of aromatic nitrogens is 3. The molecule has 0 aliphatic rings. The van der Waals surface area contributed by atoms with Crippen LogP contribution in [0, 0.1) is 0 Å². The summed E-state index contributed by atoms with van der Waals surface area (Å²) in [6.07, 6.45) is 7.33. The van der Waals surface area contributed by atoms with E-state index in [1.807, 2.05) is 36.9 Å². The van der Waals surface area contributed by atoms with E-state index in [1.54, 1.807) is 30.4 Å². The van der Waals surface area contributed by atoms with Gasteiger partial charge in [0.05, 0.1) is 5.25 Å². The molecule has 2 aromatic heterocycles. The number of thioether (sulfide) groups is 1. The van der Waals surface area contributed by atoms with Crippen molar-refractivity contribution >= 4 is 11.8 Å². The molecule has 2 rings (SSSR count). The number of hydrogen-bond acceptors (Lipinski definition) is 4. The molecule has 2 atom stereocenters. The molecular weight excluding hydrogens is 232 g/mol. The van der Waals surface area contributed by atoms with Crippen molar-refractivity contribution < 1.29 is 0 Å². The van der Waals surface area contributed by atoms with Gasteiger partial charge in [0.2, 0.25) is 0 Å². The average molecular weight is 248 g/mol. The van der Waals surface area contributed by atoms with Gasteiger partial charge >= 0.3 is 0 Å².